The first-order valence-electron chi connectivity index (χ1n) is 5.92. The molecule has 0 aliphatic rings. The molecule has 3 aromatic rings. The molecule has 0 saturated carbocycles. The molecular formula is C12H10N4O3S2. The van der Waals surface area contributed by atoms with Gasteiger partial charge in [-0.05, 0) is 30.4 Å². The second-order valence-electron chi connectivity index (χ2n) is 4.50. The van der Waals surface area contributed by atoms with Crippen molar-refractivity contribution in [1.82, 2.24) is 18.7 Å². The van der Waals surface area contributed by atoms with Gasteiger partial charge in [0.1, 0.15) is 0 Å². The summed E-state index contributed by atoms with van der Waals surface area (Å²) in [5, 5.41) is 0. The lowest BCUT2D eigenvalue weighted by atomic mass is 10.3. The Morgan fingerprint density at radius 3 is 2.33 bits per heavy atom. The summed E-state index contributed by atoms with van der Waals surface area (Å²) in [6.07, 6.45) is 0. The van der Waals surface area contributed by atoms with Gasteiger partial charge in [-0.25, -0.2) is 14.2 Å². The molecule has 0 atom stereocenters. The number of nitrogens with one attached hydrogen (secondary N) is 1. The fourth-order valence-electron chi connectivity index (χ4n) is 2.07. The Morgan fingerprint density at radius 1 is 1.10 bits per heavy atom. The molecule has 0 saturated heterocycles. The molecular weight excluding hydrogens is 312 g/mol. The molecule has 0 aliphatic carbocycles. The van der Waals surface area contributed by atoms with Crippen molar-refractivity contribution in [3.8, 4) is 5.69 Å². The maximum atomic E-state index is 12.3. The molecule has 3 rings (SSSR count). The summed E-state index contributed by atoms with van der Waals surface area (Å²) in [4.78, 5) is 38.4. The number of hydrogen-bond acceptors (Lipinski definition) is 5. The molecule has 0 radical (unpaired) electrons. The summed E-state index contributed by atoms with van der Waals surface area (Å²) in [6.45, 7) is 0. The highest BCUT2D eigenvalue weighted by atomic mass is 32.1. The number of H-pyrrole nitrogens is 1. The van der Waals surface area contributed by atoms with Crippen LogP contribution in [0.25, 0.3) is 15.9 Å². The van der Waals surface area contributed by atoms with Gasteiger partial charge in [0.05, 0.1) is 15.9 Å². The minimum Gasteiger partial charge on any atom is -0.312 e. The van der Waals surface area contributed by atoms with Crippen molar-refractivity contribution in [2.24, 2.45) is 14.1 Å². The molecule has 9 heteroatoms. The van der Waals surface area contributed by atoms with E-state index in [1.54, 1.807) is 18.2 Å². The predicted octanol–water partition coefficient (Wildman–Crippen LogP) is 0.507. The van der Waals surface area contributed by atoms with Crippen LogP contribution in [0.2, 0.25) is 0 Å². The van der Waals surface area contributed by atoms with Crippen molar-refractivity contribution in [3.63, 3.8) is 0 Å². The standard InChI is InChI=1S/C12H10N4O3S2/c1-14-10(18)16(11(19)15(2)12(14)20)6-3-4-8-7(5-6)13-9(17)21-8/h3-5H,1-2H3,(H,13,17). The summed E-state index contributed by atoms with van der Waals surface area (Å²) >= 11 is 6.10. The average molecular weight is 322 g/mol. The van der Waals surface area contributed by atoms with Gasteiger partial charge in [0.25, 0.3) is 0 Å². The third kappa shape index (κ3) is 2.01. The van der Waals surface area contributed by atoms with Crippen LogP contribution in [0.4, 0.5) is 0 Å². The first-order valence-corrected chi connectivity index (χ1v) is 7.15. The molecule has 0 bridgehead atoms. The zero-order chi connectivity index (χ0) is 15.3. The van der Waals surface area contributed by atoms with Crippen molar-refractivity contribution in [2.75, 3.05) is 0 Å². The molecule has 0 unspecified atom stereocenters. The van der Waals surface area contributed by atoms with Gasteiger partial charge < -0.3 is 4.98 Å². The van der Waals surface area contributed by atoms with Crippen LogP contribution in [0.15, 0.2) is 32.6 Å². The van der Waals surface area contributed by atoms with Crippen LogP contribution in [0.3, 0.4) is 0 Å². The van der Waals surface area contributed by atoms with Gasteiger partial charge in [-0.3, -0.25) is 13.9 Å². The van der Waals surface area contributed by atoms with Crippen LogP contribution < -0.4 is 16.3 Å². The molecule has 0 spiro atoms. The van der Waals surface area contributed by atoms with Crippen molar-refractivity contribution < 1.29 is 0 Å². The molecule has 2 heterocycles. The zero-order valence-corrected chi connectivity index (χ0v) is 12.7. The number of rotatable bonds is 1. The molecule has 21 heavy (non-hydrogen) atoms. The first kappa shape index (κ1) is 13.7. The van der Waals surface area contributed by atoms with E-state index in [1.165, 1.54) is 23.2 Å². The molecule has 2 aromatic heterocycles. The number of thiazole rings is 1. The number of hydrogen-bond donors (Lipinski definition) is 1. The maximum Gasteiger partial charge on any atom is 0.338 e. The first-order chi connectivity index (χ1) is 9.90. The summed E-state index contributed by atoms with van der Waals surface area (Å²) in [6, 6.07) is 4.91. The van der Waals surface area contributed by atoms with Gasteiger partial charge in [-0.15, -0.1) is 0 Å². The Labute approximate surface area is 126 Å². The van der Waals surface area contributed by atoms with E-state index >= 15 is 0 Å². The third-order valence-electron chi connectivity index (χ3n) is 3.19. The van der Waals surface area contributed by atoms with E-state index in [-0.39, 0.29) is 9.64 Å². The van der Waals surface area contributed by atoms with Gasteiger partial charge in [0.15, 0.2) is 4.77 Å². The number of fused-ring (bicyclic) bond motifs is 1. The van der Waals surface area contributed by atoms with Crippen molar-refractivity contribution >= 4 is 33.8 Å². The summed E-state index contributed by atoms with van der Waals surface area (Å²) in [5.74, 6) is 0. The lowest BCUT2D eigenvalue weighted by Crippen LogP contribution is -2.43. The van der Waals surface area contributed by atoms with E-state index < -0.39 is 11.4 Å². The average Bonchev–Trinajstić information content (AvgIpc) is 2.82. The number of nitrogens with zero attached hydrogens (tertiary/aromatic N) is 3. The molecule has 7 nitrogen and oxygen atoms in total. The van der Waals surface area contributed by atoms with E-state index in [0.29, 0.717) is 11.2 Å². The normalized spacial score (nSPS) is 11.1. The Hall–Kier alpha value is -2.26. The smallest absolute Gasteiger partial charge is 0.312 e. The van der Waals surface area contributed by atoms with E-state index in [2.05, 4.69) is 4.98 Å². The van der Waals surface area contributed by atoms with Gasteiger partial charge in [0.2, 0.25) is 0 Å². The molecule has 0 fully saturated rings. The van der Waals surface area contributed by atoms with Gasteiger partial charge in [0, 0.05) is 14.1 Å². The van der Waals surface area contributed by atoms with E-state index in [1.807, 2.05) is 0 Å². The molecule has 0 aliphatic heterocycles. The monoisotopic (exact) mass is 322 g/mol. The van der Waals surface area contributed by atoms with Crippen LogP contribution in [-0.4, -0.2) is 18.7 Å². The quantitative estimate of drug-likeness (QED) is 0.662. The van der Waals surface area contributed by atoms with Crippen LogP contribution >= 0.6 is 23.6 Å². The molecule has 1 aromatic carbocycles. The molecule has 108 valence electrons. The topological polar surface area (TPSA) is 81.8 Å². The molecule has 0 amide bonds. The maximum absolute atomic E-state index is 12.3. The van der Waals surface area contributed by atoms with Gasteiger partial charge in [-0.2, -0.15) is 0 Å². The second-order valence-corrected chi connectivity index (χ2v) is 5.88. The zero-order valence-electron chi connectivity index (χ0n) is 11.1. The predicted molar refractivity (Wildman–Crippen MR) is 83.1 cm³/mol. The number of aromatic amines is 1. The summed E-state index contributed by atoms with van der Waals surface area (Å²) in [7, 11) is 3.01. The van der Waals surface area contributed by atoms with Crippen LogP contribution in [0, 0.1) is 4.77 Å². The second kappa shape index (κ2) is 4.64. The SMILES string of the molecule is Cn1c(=S)n(C)c(=O)n(-c2ccc3sc(=O)[nH]c3c2)c1=O. The van der Waals surface area contributed by atoms with E-state index in [9.17, 15) is 14.4 Å². The lowest BCUT2D eigenvalue weighted by molar-refractivity contribution is 0.603. The Kier molecular flexibility index (Phi) is 3.03. The van der Waals surface area contributed by atoms with Crippen LogP contribution in [0.5, 0.6) is 0 Å². The highest BCUT2D eigenvalue weighted by molar-refractivity contribution is 7.71. The Balaban J connectivity index is 2.43. The number of aromatic nitrogens is 4. The minimum absolute atomic E-state index is 0.145. The van der Waals surface area contributed by atoms with Crippen LogP contribution in [0.1, 0.15) is 0 Å². The van der Waals surface area contributed by atoms with Crippen LogP contribution in [-0.2, 0) is 14.1 Å². The summed E-state index contributed by atoms with van der Waals surface area (Å²) in [5.41, 5.74) is -0.0886. The van der Waals surface area contributed by atoms with E-state index in [4.69, 9.17) is 12.2 Å². The van der Waals surface area contributed by atoms with Gasteiger partial charge >= 0.3 is 16.3 Å². The highest BCUT2D eigenvalue weighted by Crippen LogP contribution is 2.17. The fourth-order valence-corrected chi connectivity index (χ4v) is 2.94. The fraction of sp³-hybridized carbons (Fsp3) is 0.167. The third-order valence-corrected chi connectivity index (χ3v) is 4.60. The highest BCUT2D eigenvalue weighted by Gasteiger charge is 2.11. The summed E-state index contributed by atoms with van der Waals surface area (Å²) < 4.78 is 4.36. The van der Waals surface area contributed by atoms with Crippen molar-refractivity contribution in [2.45, 2.75) is 0 Å². The number of benzene rings is 1. The molecule has 1 N–H and O–H groups in total. The van der Waals surface area contributed by atoms with Crippen molar-refractivity contribution in [1.29, 1.82) is 0 Å². The largest absolute Gasteiger partial charge is 0.338 e. The Bertz CT molecular complexity index is 1060. The van der Waals surface area contributed by atoms with E-state index in [0.717, 1.165) is 20.6 Å². The van der Waals surface area contributed by atoms with Gasteiger partial charge in [-0.1, -0.05) is 11.3 Å². The lowest BCUT2D eigenvalue weighted by Gasteiger charge is -2.10. The minimum atomic E-state index is -0.528. The van der Waals surface area contributed by atoms with Crippen molar-refractivity contribution in [3.05, 3.63) is 53.6 Å². The Morgan fingerprint density at radius 2 is 1.71 bits per heavy atom.